The molecule has 0 aromatic heterocycles. The third-order valence-electron chi connectivity index (χ3n) is 0.568. The molecule has 0 spiro atoms. The van der Waals surface area contributed by atoms with Crippen molar-refractivity contribution in [1.29, 1.82) is 0 Å². The summed E-state index contributed by atoms with van der Waals surface area (Å²) in [7, 11) is 0. The minimum atomic E-state index is -0.318. The molecule has 68 valence electrons. The van der Waals surface area contributed by atoms with Crippen LogP contribution in [0.1, 0.15) is 27.7 Å². The molecule has 0 aliphatic heterocycles. The summed E-state index contributed by atoms with van der Waals surface area (Å²) in [5.74, 6) is 4.53. The topological polar surface area (TPSA) is 61.5 Å². The Kier molecular flexibility index (Phi) is 8.87. The molecule has 0 fully saturated rings. The summed E-state index contributed by atoms with van der Waals surface area (Å²) in [6.45, 7) is 8.35. The van der Waals surface area contributed by atoms with Gasteiger partial charge in [-0.25, -0.2) is 5.90 Å². The number of hydrogen-bond donors (Lipinski definition) is 1. The second-order valence-electron chi connectivity index (χ2n) is 2.78. The lowest BCUT2D eigenvalue weighted by atomic mass is 10.2. The van der Waals surface area contributed by atoms with E-state index in [-0.39, 0.29) is 5.60 Å². The van der Waals surface area contributed by atoms with Crippen LogP contribution in [0.25, 0.3) is 0 Å². The van der Waals surface area contributed by atoms with Gasteiger partial charge in [-0.2, -0.15) is 0 Å². The van der Waals surface area contributed by atoms with E-state index in [9.17, 15) is 4.79 Å². The molecule has 0 aliphatic rings. The van der Waals surface area contributed by atoms with Crippen molar-refractivity contribution in [3.63, 3.8) is 0 Å². The Morgan fingerprint density at radius 3 is 1.82 bits per heavy atom. The molecule has 0 amide bonds. The highest BCUT2D eigenvalue weighted by Crippen LogP contribution is 2.02. The van der Waals surface area contributed by atoms with Gasteiger partial charge in [0.1, 0.15) is 5.60 Å². The first kappa shape index (κ1) is 13.0. The van der Waals surface area contributed by atoms with E-state index in [1.165, 1.54) is 0 Å². The van der Waals surface area contributed by atoms with E-state index in [0.29, 0.717) is 13.1 Å². The number of nitrogens with two attached hydrogens (primary N) is 1. The largest absolute Gasteiger partial charge is 0.462 e. The molecular weight excluding hydrogens is 146 g/mol. The van der Waals surface area contributed by atoms with Crippen molar-refractivity contribution in [2.45, 2.75) is 33.3 Å². The second-order valence-corrected chi connectivity index (χ2v) is 2.78. The van der Waals surface area contributed by atoms with Gasteiger partial charge in [-0.05, 0) is 27.7 Å². The Hall–Kier alpha value is -0.610. The van der Waals surface area contributed by atoms with Crippen molar-refractivity contribution < 1.29 is 14.4 Å². The van der Waals surface area contributed by atoms with Gasteiger partial charge in [-0.15, -0.1) is 0 Å². The summed E-state index contributed by atoms with van der Waals surface area (Å²) in [5, 5.41) is 0. The maximum absolute atomic E-state index is 9.60. The lowest BCUT2D eigenvalue weighted by Crippen LogP contribution is -2.17. The summed E-state index contributed by atoms with van der Waals surface area (Å²) >= 11 is 0. The maximum atomic E-state index is 9.60. The molecule has 0 unspecified atom stereocenters. The predicted molar refractivity (Wildman–Crippen MR) is 42.7 cm³/mol. The molecular formula is C7H17NO3. The van der Waals surface area contributed by atoms with Crippen molar-refractivity contribution in [3.05, 3.63) is 0 Å². The van der Waals surface area contributed by atoms with Crippen LogP contribution in [0.2, 0.25) is 0 Å². The van der Waals surface area contributed by atoms with Crippen LogP contribution in [-0.2, 0) is 14.4 Å². The maximum Gasteiger partial charge on any atom is 0.293 e. The van der Waals surface area contributed by atoms with Gasteiger partial charge in [-0.3, -0.25) is 4.79 Å². The molecule has 2 N–H and O–H groups in total. The Labute approximate surface area is 67.6 Å². The second kappa shape index (κ2) is 7.50. The molecule has 0 heterocycles. The normalized spacial score (nSPS) is 9.55. The highest BCUT2D eigenvalue weighted by molar-refractivity contribution is 5.37. The fraction of sp³-hybridized carbons (Fsp3) is 0.857. The molecule has 0 saturated carbocycles. The Morgan fingerprint density at radius 2 is 1.82 bits per heavy atom. The van der Waals surface area contributed by atoms with Crippen LogP contribution in [0.15, 0.2) is 0 Å². The van der Waals surface area contributed by atoms with E-state index in [0.717, 1.165) is 0 Å². The Balaban J connectivity index is 0. The monoisotopic (exact) mass is 163 g/mol. The fourth-order valence-corrected chi connectivity index (χ4v) is 0.144. The zero-order valence-corrected chi connectivity index (χ0v) is 7.59. The van der Waals surface area contributed by atoms with Gasteiger partial charge in [0, 0.05) is 0 Å². The molecule has 0 aliphatic carbocycles. The van der Waals surface area contributed by atoms with Gasteiger partial charge in [0.25, 0.3) is 6.47 Å². The van der Waals surface area contributed by atoms with Crippen molar-refractivity contribution in [3.8, 4) is 0 Å². The van der Waals surface area contributed by atoms with Gasteiger partial charge in [0.2, 0.25) is 0 Å². The van der Waals surface area contributed by atoms with Gasteiger partial charge in [-0.1, -0.05) is 0 Å². The zero-order valence-electron chi connectivity index (χ0n) is 7.59. The standard InChI is InChI=1S/C5H10O2.C2H7NO/c1-5(2,3)7-4-6;1-2-4-3/h4H,1-3H3;2-3H2,1H3. The summed E-state index contributed by atoms with van der Waals surface area (Å²) in [4.78, 5) is 13.6. The highest BCUT2D eigenvalue weighted by Gasteiger charge is 2.07. The van der Waals surface area contributed by atoms with E-state index in [1.807, 2.05) is 27.7 Å². The van der Waals surface area contributed by atoms with Crippen molar-refractivity contribution in [1.82, 2.24) is 0 Å². The van der Waals surface area contributed by atoms with Crippen molar-refractivity contribution in [2.24, 2.45) is 5.90 Å². The molecule has 0 saturated heterocycles. The molecule has 0 aromatic carbocycles. The number of hydrogen-bond acceptors (Lipinski definition) is 4. The fourth-order valence-electron chi connectivity index (χ4n) is 0.144. The minimum absolute atomic E-state index is 0.318. The summed E-state index contributed by atoms with van der Waals surface area (Å²) in [5.41, 5.74) is -0.318. The molecule has 4 heteroatoms. The zero-order chi connectivity index (χ0) is 9.33. The van der Waals surface area contributed by atoms with Crippen LogP contribution in [0.5, 0.6) is 0 Å². The first-order valence-electron chi connectivity index (χ1n) is 3.41. The first-order valence-corrected chi connectivity index (χ1v) is 3.41. The van der Waals surface area contributed by atoms with Gasteiger partial charge in [0.15, 0.2) is 0 Å². The van der Waals surface area contributed by atoms with E-state index in [2.05, 4.69) is 15.5 Å². The van der Waals surface area contributed by atoms with Crippen LogP contribution < -0.4 is 5.90 Å². The smallest absolute Gasteiger partial charge is 0.293 e. The van der Waals surface area contributed by atoms with Gasteiger partial charge in [0.05, 0.1) is 6.61 Å². The third-order valence-corrected chi connectivity index (χ3v) is 0.568. The number of carbonyl (C=O) groups excluding carboxylic acids is 1. The molecule has 0 atom stereocenters. The number of rotatable bonds is 2. The molecule has 0 bridgehead atoms. The van der Waals surface area contributed by atoms with E-state index >= 15 is 0 Å². The van der Waals surface area contributed by atoms with Crippen LogP contribution in [-0.4, -0.2) is 18.7 Å². The van der Waals surface area contributed by atoms with E-state index < -0.39 is 0 Å². The van der Waals surface area contributed by atoms with Crippen molar-refractivity contribution >= 4 is 6.47 Å². The summed E-state index contributed by atoms with van der Waals surface area (Å²) in [6, 6.07) is 0. The Bertz CT molecular complexity index is 86.2. The van der Waals surface area contributed by atoms with Crippen molar-refractivity contribution in [2.75, 3.05) is 6.61 Å². The number of carbonyl (C=O) groups is 1. The average Bonchev–Trinajstić information content (AvgIpc) is 1.86. The summed E-state index contributed by atoms with van der Waals surface area (Å²) < 4.78 is 4.55. The number of ether oxygens (including phenoxy) is 1. The molecule has 0 aromatic rings. The lowest BCUT2D eigenvalue weighted by Gasteiger charge is -2.14. The van der Waals surface area contributed by atoms with Crippen LogP contribution in [0, 0.1) is 0 Å². The van der Waals surface area contributed by atoms with Crippen LogP contribution in [0.3, 0.4) is 0 Å². The highest BCUT2D eigenvalue weighted by atomic mass is 16.6. The van der Waals surface area contributed by atoms with E-state index in [1.54, 1.807) is 0 Å². The van der Waals surface area contributed by atoms with Crippen LogP contribution in [0.4, 0.5) is 0 Å². The minimum Gasteiger partial charge on any atom is -0.462 e. The van der Waals surface area contributed by atoms with Crippen LogP contribution >= 0.6 is 0 Å². The first-order chi connectivity index (χ1) is 4.97. The quantitative estimate of drug-likeness (QED) is 0.484. The Morgan fingerprint density at radius 1 is 1.45 bits per heavy atom. The van der Waals surface area contributed by atoms with Gasteiger partial charge >= 0.3 is 0 Å². The molecule has 4 nitrogen and oxygen atoms in total. The molecule has 11 heavy (non-hydrogen) atoms. The molecule has 0 radical (unpaired) electrons. The summed E-state index contributed by atoms with van der Waals surface area (Å²) in [6.07, 6.45) is 0. The SMILES string of the molecule is CC(C)(C)OC=O.CCON. The van der Waals surface area contributed by atoms with E-state index in [4.69, 9.17) is 0 Å². The van der Waals surface area contributed by atoms with Gasteiger partial charge < -0.3 is 9.57 Å². The average molecular weight is 163 g/mol. The molecule has 0 rings (SSSR count). The third kappa shape index (κ3) is 26.6. The predicted octanol–water partition coefficient (Wildman–Crippen LogP) is 0.855. The lowest BCUT2D eigenvalue weighted by molar-refractivity contribution is -0.138.